The lowest BCUT2D eigenvalue weighted by Gasteiger charge is -2.40. The highest BCUT2D eigenvalue weighted by Crippen LogP contribution is 2.51. The maximum Gasteiger partial charge on any atom is 0.0738 e. The number of hydrogen-bond donors (Lipinski definition) is 0. The number of allylic oxidation sites excluding steroid dienone is 10. The first kappa shape index (κ1) is 41.6. The molecule has 3 atom stereocenters. The first-order chi connectivity index (χ1) is 33.3. The third kappa shape index (κ3) is 6.64. The van der Waals surface area contributed by atoms with Crippen molar-refractivity contribution in [3.8, 4) is 11.1 Å². The highest BCUT2D eigenvalue weighted by atomic mass is 15.2. The fourth-order valence-corrected chi connectivity index (χ4v) is 11.8. The molecule has 0 N–H and O–H groups in total. The van der Waals surface area contributed by atoms with Gasteiger partial charge >= 0.3 is 0 Å². The van der Waals surface area contributed by atoms with Crippen molar-refractivity contribution in [1.82, 2.24) is 9.13 Å². The van der Waals surface area contributed by atoms with E-state index in [0.717, 1.165) is 24.8 Å². The van der Waals surface area contributed by atoms with Crippen LogP contribution < -0.4 is 4.90 Å². The lowest BCUT2D eigenvalue weighted by molar-refractivity contribution is 0.551. The second-order valence-electron chi connectivity index (χ2n) is 19.3. The van der Waals surface area contributed by atoms with E-state index in [0.29, 0.717) is 5.92 Å². The Labute approximate surface area is 400 Å². The molecule has 0 saturated heterocycles. The van der Waals surface area contributed by atoms with E-state index in [9.17, 15) is 0 Å². The zero-order valence-electron chi connectivity index (χ0n) is 39.4. The first-order valence-corrected chi connectivity index (χ1v) is 24.3. The molecule has 3 nitrogen and oxygen atoms in total. The number of aryl methyl sites for hydroxylation is 1. The molecule has 0 amide bonds. The summed E-state index contributed by atoms with van der Waals surface area (Å²) in [5.41, 5.74) is 25.0. The van der Waals surface area contributed by atoms with Crippen molar-refractivity contribution >= 4 is 61.4 Å². The minimum Gasteiger partial charge on any atom is -0.335 e. The van der Waals surface area contributed by atoms with E-state index in [4.69, 9.17) is 0 Å². The van der Waals surface area contributed by atoms with Gasteiger partial charge in [0.25, 0.3) is 0 Å². The molecule has 2 aromatic heterocycles. The van der Waals surface area contributed by atoms with Crippen LogP contribution in [0.3, 0.4) is 0 Å². The highest BCUT2D eigenvalue weighted by molar-refractivity contribution is 6.12. The highest BCUT2D eigenvalue weighted by Gasteiger charge is 2.45. The number of nitrogens with zero attached hydrogens (tertiary/aromatic N) is 3. The maximum atomic E-state index is 4.08. The van der Waals surface area contributed by atoms with Crippen molar-refractivity contribution in [2.75, 3.05) is 4.90 Å². The molecule has 1 aliphatic heterocycles. The normalized spacial score (nSPS) is 20.1. The van der Waals surface area contributed by atoms with Crippen molar-refractivity contribution in [3.63, 3.8) is 0 Å². The van der Waals surface area contributed by atoms with Crippen LogP contribution in [0.2, 0.25) is 0 Å². The second kappa shape index (κ2) is 16.5. The van der Waals surface area contributed by atoms with Gasteiger partial charge in [-0.05, 0) is 122 Å². The summed E-state index contributed by atoms with van der Waals surface area (Å²) in [6.45, 7) is 13.2. The van der Waals surface area contributed by atoms with E-state index in [2.05, 4.69) is 248 Å². The van der Waals surface area contributed by atoms with Crippen LogP contribution in [0.5, 0.6) is 0 Å². The first-order valence-electron chi connectivity index (χ1n) is 24.3. The van der Waals surface area contributed by atoms with Crippen molar-refractivity contribution in [2.45, 2.75) is 64.3 Å². The third-order valence-corrected chi connectivity index (χ3v) is 15.1. The van der Waals surface area contributed by atoms with E-state index >= 15 is 0 Å². The van der Waals surface area contributed by atoms with Gasteiger partial charge in [0.15, 0.2) is 0 Å². The second-order valence-corrected chi connectivity index (χ2v) is 19.3. The summed E-state index contributed by atoms with van der Waals surface area (Å²) in [4.78, 5) is 2.53. The Morgan fingerprint density at radius 3 is 2.10 bits per heavy atom. The Bertz CT molecular complexity index is 3630. The van der Waals surface area contributed by atoms with Gasteiger partial charge < -0.3 is 14.0 Å². The van der Waals surface area contributed by atoms with Crippen LogP contribution in [0.15, 0.2) is 223 Å². The van der Waals surface area contributed by atoms with Crippen LogP contribution in [-0.2, 0) is 0 Å². The Balaban J connectivity index is 1.00. The number of para-hydroxylation sites is 2. The van der Waals surface area contributed by atoms with Gasteiger partial charge in [-0.3, -0.25) is 0 Å². The summed E-state index contributed by atoms with van der Waals surface area (Å²) in [5.74, 6) is 0.488. The van der Waals surface area contributed by atoms with Gasteiger partial charge in [0.05, 0.1) is 27.8 Å². The average molecular weight is 878 g/mol. The van der Waals surface area contributed by atoms with Gasteiger partial charge in [-0.25, -0.2) is 0 Å². The van der Waals surface area contributed by atoms with Gasteiger partial charge in [-0.15, -0.1) is 0 Å². The fourth-order valence-electron chi connectivity index (χ4n) is 11.8. The third-order valence-electron chi connectivity index (χ3n) is 15.1. The summed E-state index contributed by atoms with van der Waals surface area (Å²) in [7, 11) is 0. The van der Waals surface area contributed by atoms with Crippen LogP contribution in [-0.4, -0.2) is 14.7 Å². The van der Waals surface area contributed by atoms with E-state index in [1.54, 1.807) is 0 Å². The molecule has 6 aromatic carbocycles. The largest absolute Gasteiger partial charge is 0.335 e. The molecule has 12 rings (SSSR count). The lowest BCUT2D eigenvalue weighted by atomic mass is 9.81. The molecule has 68 heavy (non-hydrogen) atoms. The monoisotopic (exact) mass is 877 g/mol. The molecule has 3 aliphatic carbocycles. The fraction of sp³-hybridized carbons (Fsp3) is 0.154. The molecular weight excluding hydrogens is 823 g/mol. The lowest BCUT2D eigenvalue weighted by Crippen LogP contribution is -2.43. The zero-order valence-corrected chi connectivity index (χ0v) is 39.4. The minimum atomic E-state index is -0.225. The van der Waals surface area contributed by atoms with E-state index < -0.39 is 0 Å². The maximum absolute atomic E-state index is 4.08. The molecule has 3 heterocycles. The van der Waals surface area contributed by atoms with Gasteiger partial charge in [0.1, 0.15) is 0 Å². The summed E-state index contributed by atoms with van der Waals surface area (Å²) in [5, 5.41) is 3.79. The minimum absolute atomic E-state index is 0.142. The number of benzene rings is 6. The molecule has 0 bridgehead atoms. The summed E-state index contributed by atoms with van der Waals surface area (Å²) >= 11 is 0. The Hall–Kier alpha value is -7.84. The molecule has 4 aliphatic rings. The molecule has 8 aromatic rings. The summed E-state index contributed by atoms with van der Waals surface area (Å²) in [6.07, 6.45) is 23.2. The molecular formula is C65H55N3. The Kier molecular flexibility index (Phi) is 10.1. The predicted octanol–water partition coefficient (Wildman–Crippen LogP) is 17.0. The summed E-state index contributed by atoms with van der Waals surface area (Å²) < 4.78 is 5.08. The van der Waals surface area contributed by atoms with Gasteiger partial charge in [0, 0.05) is 61.9 Å². The van der Waals surface area contributed by atoms with Crippen LogP contribution >= 0.6 is 0 Å². The van der Waals surface area contributed by atoms with Crippen molar-refractivity contribution in [2.24, 2.45) is 0 Å². The van der Waals surface area contributed by atoms with Gasteiger partial charge in [-0.2, -0.15) is 0 Å². The SMILES string of the molecule is C=C/C=C\C1=C(C)N(c2ccccc2)C2(C)CC=C(n3c4ccccc4c4cc(-c5ccc6c(c5)c5c(n6C6=C=C(c7ccc(C)cc7)C=CCC6c6ccccc6)C(C)CC=C5)ccc43)C=C12. The standard InChI is InChI=1S/C65H55N3/c1-6-7-24-53-45(4)68(51-22-12-9-13-23-51)65(5)38-37-52(42-59(53)65)66-60-28-15-14-25-55(60)57-39-49(33-35-61(57)66)50-34-36-62-58(40-50)56-27-16-18-44(3)64(56)67(62)63-41-48(46-31-29-43(2)30-32-46)21-17-26-54(63)47-19-10-8-11-20-47/h6-17,19-25,27-37,39-40,42,44,54H,1,18,26,38H2,2-5H3/b24-7-. The number of fused-ring (bicyclic) bond motifs is 7. The average Bonchev–Trinajstić information content (AvgIpc) is 3.88. The number of anilines is 1. The predicted molar refractivity (Wildman–Crippen MR) is 290 cm³/mol. The van der Waals surface area contributed by atoms with Crippen LogP contribution in [0.25, 0.3) is 66.9 Å². The van der Waals surface area contributed by atoms with Gasteiger partial charge in [0.2, 0.25) is 0 Å². The molecule has 3 unspecified atom stereocenters. The topological polar surface area (TPSA) is 13.1 Å². The van der Waals surface area contributed by atoms with Crippen LogP contribution in [0.4, 0.5) is 5.69 Å². The van der Waals surface area contributed by atoms with Gasteiger partial charge in [-0.1, -0.05) is 177 Å². The Morgan fingerprint density at radius 1 is 0.676 bits per heavy atom. The zero-order chi connectivity index (χ0) is 46.1. The molecule has 0 radical (unpaired) electrons. The molecule has 0 spiro atoms. The summed E-state index contributed by atoms with van der Waals surface area (Å²) in [6, 6.07) is 53.9. The van der Waals surface area contributed by atoms with E-state index in [-0.39, 0.29) is 11.5 Å². The smallest absolute Gasteiger partial charge is 0.0738 e. The number of aromatic nitrogens is 2. The van der Waals surface area contributed by atoms with Crippen molar-refractivity contribution in [1.29, 1.82) is 0 Å². The number of hydrogen-bond acceptors (Lipinski definition) is 1. The van der Waals surface area contributed by atoms with Crippen molar-refractivity contribution < 1.29 is 0 Å². The number of rotatable bonds is 8. The Morgan fingerprint density at radius 2 is 1.34 bits per heavy atom. The van der Waals surface area contributed by atoms with Crippen molar-refractivity contribution in [3.05, 3.63) is 251 Å². The molecule has 0 fully saturated rings. The molecule has 3 heteroatoms. The molecule has 330 valence electrons. The van der Waals surface area contributed by atoms with E-state index in [1.165, 1.54) is 106 Å². The van der Waals surface area contributed by atoms with E-state index in [1.807, 2.05) is 6.08 Å². The van der Waals surface area contributed by atoms with Crippen LogP contribution in [0.1, 0.15) is 79.8 Å². The quantitative estimate of drug-likeness (QED) is 0.109. The van der Waals surface area contributed by atoms with Crippen LogP contribution in [0, 0.1) is 6.92 Å². The molecule has 0 saturated carbocycles.